The van der Waals surface area contributed by atoms with Crippen LogP contribution in [0.25, 0.3) is 0 Å². The molecule has 13 heteroatoms. The van der Waals surface area contributed by atoms with Gasteiger partial charge in [-0.2, -0.15) is 0 Å². The summed E-state index contributed by atoms with van der Waals surface area (Å²) < 4.78 is 62.6. The number of hydrogen-bond acceptors (Lipinski definition) is 11. The van der Waals surface area contributed by atoms with Crippen LogP contribution in [0, 0.1) is 0 Å². The minimum absolute atomic E-state index is 0.0558. The third-order valence-electron chi connectivity index (χ3n) is 8.48. The zero-order valence-electron chi connectivity index (χ0n) is 34.0. The highest BCUT2D eigenvalue weighted by molar-refractivity contribution is 6.99. The van der Waals surface area contributed by atoms with Crippen molar-refractivity contribution >= 4 is 30.3 Å². The molecule has 2 aromatic rings. The van der Waals surface area contributed by atoms with E-state index in [1.165, 1.54) is 23.2 Å². The van der Waals surface area contributed by atoms with Gasteiger partial charge in [0.25, 0.3) is 8.32 Å². The van der Waals surface area contributed by atoms with Gasteiger partial charge < -0.3 is 51.8 Å². The first-order chi connectivity index (χ1) is 27.0. The molecule has 0 atom stereocenters. The molecule has 0 fully saturated rings. The Balaban J connectivity index is 1.29. The van der Waals surface area contributed by atoms with Gasteiger partial charge in [0.05, 0.1) is 132 Å². The Morgan fingerprint density at radius 2 is 0.636 bits per heavy atom. The van der Waals surface area contributed by atoms with Crippen LogP contribution in [0.3, 0.4) is 0 Å². The second-order valence-corrected chi connectivity index (χ2v) is 18.4. The molecule has 0 bridgehead atoms. The maximum Gasteiger partial charge on any atom is 0.261 e. The summed E-state index contributed by atoms with van der Waals surface area (Å²) in [7, 11) is -2.54. The van der Waals surface area contributed by atoms with Crippen molar-refractivity contribution in [2.75, 3.05) is 145 Å². The highest BCUT2D eigenvalue weighted by Crippen LogP contribution is 2.36. The third kappa shape index (κ3) is 24.1. The van der Waals surface area contributed by atoms with Crippen LogP contribution in [0.1, 0.15) is 46.5 Å². The highest BCUT2D eigenvalue weighted by atomic mass is 35.5. The Bertz CT molecular complexity index is 1060. The van der Waals surface area contributed by atoms with Gasteiger partial charge in [0.2, 0.25) is 0 Å². The van der Waals surface area contributed by atoms with E-state index in [9.17, 15) is 0 Å². The van der Waals surface area contributed by atoms with E-state index in [-0.39, 0.29) is 5.04 Å². The molecule has 0 unspecified atom stereocenters. The molecular formula is C42H71ClO11Si. The van der Waals surface area contributed by atoms with Crippen molar-refractivity contribution in [3.63, 3.8) is 0 Å². The van der Waals surface area contributed by atoms with E-state index in [1.54, 1.807) is 0 Å². The van der Waals surface area contributed by atoms with Crippen molar-refractivity contribution in [1.82, 2.24) is 0 Å². The summed E-state index contributed by atoms with van der Waals surface area (Å²) in [6, 6.07) is 21.3. The van der Waals surface area contributed by atoms with E-state index in [0.29, 0.717) is 132 Å². The lowest BCUT2D eigenvalue weighted by molar-refractivity contribution is -0.0267. The van der Waals surface area contributed by atoms with Crippen LogP contribution >= 0.6 is 11.6 Å². The summed E-state index contributed by atoms with van der Waals surface area (Å²) in [5.74, 6) is 0.743. The van der Waals surface area contributed by atoms with Gasteiger partial charge in [-0.15, -0.1) is 11.6 Å². The zero-order chi connectivity index (χ0) is 39.4. The topological polar surface area (TPSA) is 102 Å². The highest BCUT2D eigenvalue weighted by Gasteiger charge is 2.50. The normalized spacial score (nSPS) is 12.1. The predicted molar refractivity (Wildman–Crippen MR) is 221 cm³/mol. The van der Waals surface area contributed by atoms with Gasteiger partial charge in [-0.05, 0) is 28.3 Å². The minimum atomic E-state index is -2.54. The van der Waals surface area contributed by atoms with E-state index in [2.05, 4.69) is 81.4 Å². The molecule has 0 aliphatic rings. The minimum Gasteiger partial charge on any atom is -0.405 e. The van der Waals surface area contributed by atoms with Crippen molar-refractivity contribution in [3.8, 4) is 0 Å². The maximum absolute atomic E-state index is 6.85. The van der Waals surface area contributed by atoms with Gasteiger partial charge in [0.1, 0.15) is 0 Å². The summed E-state index contributed by atoms with van der Waals surface area (Å²) >= 11 is 5.67. The molecule has 0 radical (unpaired) electrons. The van der Waals surface area contributed by atoms with Crippen molar-refractivity contribution < 1.29 is 51.8 Å². The maximum atomic E-state index is 6.85. The van der Waals surface area contributed by atoms with Gasteiger partial charge in [0.15, 0.2) is 0 Å². The first kappa shape index (κ1) is 49.7. The number of benzene rings is 2. The monoisotopic (exact) mass is 814 g/mol. The van der Waals surface area contributed by atoms with Crippen LogP contribution in [0.5, 0.6) is 0 Å². The van der Waals surface area contributed by atoms with Crippen LogP contribution in [0.2, 0.25) is 5.04 Å². The standard InChI is InChI=1S/C42H71ClO11Si/c1-42(2,3)55(40-14-8-6-9-15-40,41-16-10-7-11-17-41)54-39-38-53-37-36-52-35-34-51-33-32-50-31-30-49-29-28-48-27-26-47-25-24-46-23-22-45-21-20-44-19-13-5-4-12-18-43/h6-11,14-17H,4-5,12-13,18-39H2,1-3H3. The summed E-state index contributed by atoms with van der Waals surface area (Å²) in [5.41, 5.74) is 0. The SMILES string of the molecule is CC(C)(C)[Si](OCCOCCOCCOCCOCCOCCOCCOCCOCCOCCOCCCCCCCl)(c1ccccc1)c1ccccc1. The molecule has 0 spiro atoms. The number of halogens is 1. The molecule has 316 valence electrons. The van der Waals surface area contributed by atoms with Crippen LogP contribution in [0.15, 0.2) is 60.7 Å². The predicted octanol–water partition coefficient (Wildman–Crippen LogP) is 5.53. The molecular weight excluding hydrogens is 744 g/mol. The van der Waals surface area contributed by atoms with Crippen molar-refractivity contribution in [2.45, 2.75) is 51.5 Å². The van der Waals surface area contributed by atoms with Gasteiger partial charge in [-0.25, -0.2) is 0 Å². The van der Waals surface area contributed by atoms with E-state index >= 15 is 0 Å². The van der Waals surface area contributed by atoms with Gasteiger partial charge in [0, 0.05) is 12.5 Å². The lowest BCUT2D eigenvalue weighted by atomic mass is 10.2. The fourth-order valence-corrected chi connectivity index (χ4v) is 10.5. The van der Waals surface area contributed by atoms with Gasteiger partial charge in [-0.3, -0.25) is 0 Å². The van der Waals surface area contributed by atoms with Gasteiger partial charge in [-0.1, -0.05) is 94.3 Å². The van der Waals surface area contributed by atoms with Crippen molar-refractivity contribution in [3.05, 3.63) is 60.7 Å². The summed E-state index contributed by atoms with van der Waals surface area (Å²) in [4.78, 5) is 0. The third-order valence-corrected chi connectivity index (χ3v) is 13.8. The number of alkyl halides is 1. The Hall–Kier alpha value is -1.49. The van der Waals surface area contributed by atoms with Crippen LogP contribution in [-0.4, -0.2) is 153 Å². The molecule has 2 rings (SSSR count). The molecule has 2 aromatic carbocycles. The fourth-order valence-electron chi connectivity index (χ4n) is 5.75. The molecule has 0 aliphatic heterocycles. The molecule has 0 N–H and O–H groups in total. The average molecular weight is 816 g/mol. The van der Waals surface area contributed by atoms with Crippen LogP contribution in [-0.2, 0) is 51.8 Å². The van der Waals surface area contributed by atoms with Gasteiger partial charge >= 0.3 is 0 Å². The Kier molecular flexibility index (Phi) is 31.2. The summed E-state index contributed by atoms with van der Waals surface area (Å²) in [6.45, 7) is 18.1. The largest absolute Gasteiger partial charge is 0.405 e. The number of ether oxygens (including phenoxy) is 10. The Labute approximate surface area is 337 Å². The molecule has 0 heterocycles. The molecule has 55 heavy (non-hydrogen) atoms. The van der Waals surface area contributed by atoms with E-state index in [4.69, 9.17) is 63.4 Å². The Morgan fingerprint density at radius 3 is 0.927 bits per heavy atom. The van der Waals surface area contributed by atoms with Crippen molar-refractivity contribution in [2.24, 2.45) is 0 Å². The molecule has 0 aromatic heterocycles. The lowest BCUT2D eigenvalue weighted by Gasteiger charge is -2.43. The number of hydrogen-bond donors (Lipinski definition) is 0. The molecule has 11 nitrogen and oxygen atoms in total. The second-order valence-electron chi connectivity index (χ2n) is 13.7. The smallest absolute Gasteiger partial charge is 0.261 e. The fraction of sp³-hybridized carbons (Fsp3) is 0.714. The van der Waals surface area contributed by atoms with E-state index in [1.807, 2.05) is 0 Å². The number of rotatable bonds is 39. The first-order valence-corrected chi connectivity index (χ1v) is 22.5. The van der Waals surface area contributed by atoms with E-state index < -0.39 is 8.32 Å². The average Bonchev–Trinajstić information content (AvgIpc) is 3.19. The first-order valence-electron chi connectivity index (χ1n) is 20.1. The Morgan fingerprint density at radius 1 is 0.364 bits per heavy atom. The number of unbranched alkanes of at least 4 members (excludes halogenated alkanes) is 3. The summed E-state index contributed by atoms with van der Waals surface area (Å²) in [5, 5.41) is 2.48. The van der Waals surface area contributed by atoms with Crippen LogP contribution < -0.4 is 10.4 Å². The second kappa shape index (κ2) is 34.5. The zero-order valence-corrected chi connectivity index (χ0v) is 35.8. The molecule has 0 aliphatic carbocycles. The van der Waals surface area contributed by atoms with Crippen molar-refractivity contribution in [1.29, 1.82) is 0 Å². The molecule has 0 saturated heterocycles. The van der Waals surface area contributed by atoms with Crippen LogP contribution in [0.4, 0.5) is 0 Å². The molecule has 0 saturated carbocycles. The summed E-state index contributed by atoms with van der Waals surface area (Å²) in [6.07, 6.45) is 4.49. The van der Waals surface area contributed by atoms with E-state index in [0.717, 1.165) is 25.3 Å². The molecule has 0 amide bonds. The quantitative estimate of drug-likeness (QED) is 0.0484. The lowest BCUT2D eigenvalue weighted by Crippen LogP contribution is -2.66.